The second-order valence-electron chi connectivity index (χ2n) is 7.27. The summed E-state index contributed by atoms with van der Waals surface area (Å²) in [5, 5.41) is 12.8. The second-order valence-corrected chi connectivity index (χ2v) is 8.30. The Balaban J connectivity index is 1.61. The topological polar surface area (TPSA) is 79.3 Å². The van der Waals surface area contributed by atoms with Gasteiger partial charge in [-0.25, -0.2) is 9.78 Å². The zero-order valence-electron chi connectivity index (χ0n) is 15.4. The highest BCUT2D eigenvalue weighted by molar-refractivity contribution is 7.13. The van der Waals surface area contributed by atoms with Gasteiger partial charge in [-0.05, 0) is 43.2 Å². The molecule has 0 radical (unpaired) electrons. The predicted molar refractivity (Wildman–Crippen MR) is 102 cm³/mol. The van der Waals surface area contributed by atoms with Gasteiger partial charge in [0.1, 0.15) is 9.88 Å². The number of rotatable bonds is 6. The number of amides is 1. The number of carbonyl (C=O) groups excluding carboxylic acids is 1. The minimum absolute atomic E-state index is 0.0117. The van der Waals surface area contributed by atoms with Crippen LogP contribution < -0.4 is 5.32 Å². The molecule has 0 spiro atoms. The minimum Gasteiger partial charge on any atom is -0.477 e. The number of thiazole rings is 1. The molecule has 0 aliphatic heterocycles. The number of aromatic nitrogens is 1. The lowest BCUT2D eigenvalue weighted by atomic mass is 10.00. The van der Waals surface area contributed by atoms with E-state index >= 15 is 0 Å². The maximum Gasteiger partial charge on any atom is 0.347 e. The summed E-state index contributed by atoms with van der Waals surface area (Å²) in [6, 6.07) is 8.24. The Bertz CT molecular complexity index is 826. The van der Waals surface area contributed by atoms with Gasteiger partial charge in [0.15, 0.2) is 0 Å². The molecule has 3 unspecified atom stereocenters. The van der Waals surface area contributed by atoms with Crippen molar-refractivity contribution in [1.29, 1.82) is 0 Å². The molecule has 138 valence electrons. The number of nitrogens with zero attached hydrogens (tertiary/aromatic N) is 1. The van der Waals surface area contributed by atoms with E-state index in [0.717, 1.165) is 17.8 Å². The summed E-state index contributed by atoms with van der Waals surface area (Å²) in [4.78, 5) is 28.2. The molecule has 3 atom stereocenters. The standard InChI is InChI=1S/C20H24N2O3S/c1-10(2)13-5-7-14(8-6-13)15-9-16(15)18(23)21-12(4)19-22-11(3)17(26-19)20(24)25/h5-8,10,12,15-16H,9H2,1-4H3,(H,21,23)(H,24,25). The van der Waals surface area contributed by atoms with E-state index in [9.17, 15) is 9.59 Å². The van der Waals surface area contributed by atoms with E-state index in [-0.39, 0.29) is 28.7 Å². The Morgan fingerprint density at radius 1 is 1.23 bits per heavy atom. The van der Waals surface area contributed by atoms with Crippen LogP contribution in [0.25, 0.3) is 0 Å². The van der Waals surface area contributed by atoms with Crippen LogP contribution in [0.15, 0.2) is 24.3 Å². The third-order valence-corrected chi connectivity index (χ3v) is 6.22. The van der Waals surface area contributed by atoms with Crippen LogP contribution in [0.3, 0.4) is 0 Å². The molecule has 26 heavy (non-hydrogen) atoms. The van der Waals surface area contributed by atoms with Crippen molar-refractivity contribution in [2.45, 2.75) is 52.0 Å². The van der Waals surface area contributed by atoms with Crippen molar-refractivity contribution in [3.05, 3.63) is 51.0 Å². The van der Waals surface area contributed by atoms with Gasteiger partial charge >= 0.3 is 5.97 Å². The third-order valence-electron chi connectivity index (χ3n) is 4.90. The highest BCUT2D eigenvalue weighted by Gasteiger charge is 2.44. The van der Waals surface area contributed by atoms with Gasteiger partial charge < -0.3 is 10.4 Å². The lowest BCUT2D eigenvalue weighted by Gasteiger charge is -2.11. The third kappa shape index (κ3) is 3.80. The molecule has 1 aliphatic carbocycles. The lowest BCUT2D eigenvalue weighted by Crippen LogP contribution is -2.28. The molecular weight excluding hydrogens is 348 g/mol. The quantitative estimate of drug-likeness (QED) is 0.794. The van der Waals surface area contributed by atoms with Crippen LogP contribution >= 0.6 is 11.3 Å². The molecule has 1 aliphatic rings. The van der Waals surface area contributed by atoms with Crippen molar-refractivity contribution in [3.63, 3.8) is 0 Å². The van der Waals surface area contributed by atoms with Crippen LogP contribution in [0.1, 0.15) is 76.6 Å². The fourth-order valence-corrected chi connectivity index (χ4v) is 4.07. The minimum atomic E-state index is -0.975. The summed E-state index contributed by atoms with van der Waals surface area (Å²) >= 11 is 1.13. The summed E-state index contributed by atoms with van der Waals surface area (Å²) in [5.41, 5.74) is 3.01. The van der Waals surface area contributed by atoms with E-state index in [1.165, 1.54) is 11.1 Å². The first-order valence-corrected chi connectivity index (χ1v) is 9.70. The average Bonchev–Trinajstić information content (AvgIpc) is 3.30. The average molecular weight is 372 g/mol. The molecule has 1 aromatic heterocycles. The van der Waals surface area contributed by atoms with Crippen molar-refractivity contribution < 1.29 is 14.7 Å². The van der Waals surface area contributed by atoms with Crippen LogP contribution in [0.2, 0.25) is 0 Å². The van der Waals surface area contributed by atoms with Gasteiger partial charge in [-0.2, -0.15) is 0 Å². The van der Waals surface area contributed by atoms with Gasteiger partial charge in [0.25, 0.3) is 0 Å². The first-order valence-electron chi connectivity index (χ1n) is 8.88. The normalized spacial score (nSPS) is 20.0. The molecule has 1 heterocycles. The summed E-state index contributed by atoms with van der Waals surface area (Å²) in [5.74, 6) is -0.198. The van der Waals surface area contributed by atoms with E-state index in [0.29, 0.717) is 16.6 Å². The zero-order valence-corrected chi connectivity index (χ0v) is 16.3. The van der Waals surface area contributed by atoms with Gasteiger partial charge in [0.05, 0.1) is 11.7 Å². The van der Waals surface area contributed by atoms with Crippen molar-refractivity contribution in [3.8, 4) is 0 Å². The molecule has 0 saturated heterocycles. The molecule has 2 aromatic rings. The Morgan fingerprint density at radius 2 is 1.88 bits per heavy atom. The maximum atomic E-state index is 12.5. The monoisotopic (exact) mass is 372 g/mol. The number of hydrogen-bond donors (Lipinski definition) is 2. The van der Waals surface area contributed by atoms with E-state index < -0.39 is 5.97 Å². The van der Waals surface area contributed by atoms with E-state index in [1.54, 1.807) is 6.92 Å². The largest absolute Gasteiger partial charge is 0.477 e. The molecule has 1 saturated carbocycles. The second kappa shape index (κ2) is 7.19. The van der Waals surface area contributed by atoms with E-state index in [2.05, 4.69) is 48.4 Å². The van der Waals surface area contributed by atoms with Gasteiger partial charge in [0, 0.05) is 5.92 Å². The molecule has 2 N–H and O–H groups in total. The highest BCUT2D eigenvalue weighted by Crippen LogP contribution is 2.48. The number of carbonyl (C=O) groups is 2. The summed E-state index contributed by atoms with van der Waals surface area (Å²) in [6.07, 6.45) is 0.858. The van der Waals surface area contributed by atoms with E-state index in [1.807, 2.05) is 6.92 Å². The molecule has 6 heteroatoms. The fourth-order valence-electron chi connectivity index (χ4n) is 3.16. The highest BCUT2D eigenvalue weighted by atomic mass is 32.1. The number of benzene rings is 1. The first-order chi connectivity index (χ1) is 12.3. The fraction of sp³-hybridized carbons (Fsp3) is 0.450. The molecule has 0 bridgehead atoms. The van der Waals surface area contributed by atoms with Crippen molar-refractivity contribution in [2.24, 2.45) is 5.92 Å². The van der Waals surface area contributed by atoms with Gasteiger partial charge in [-0.1, -0.05) is 38.1 Å². The summed E-state index contributed by atoms with van der Waals surface area (Å²) in [6.45, 7) is 7.85. The first kappa shape index (κ1) is 18.6. The predicted octanol–water partition coefficient (Wildman–Crippen LogP) is 4.25. The molecule has 3 rings (SSSR count). The maximum absolute atomic E-state index is 12.5. The number of aromatic carboxylic acids is 1. The van der Waals surface area contributed by atoms with Gasteiger partial charge in [0.2, 0.25) is 5.91 Å². The SMILES string of the molecule is Cc1nc(C(C)NC(=O)C2CC2c2ccc(C(C)C)cc2)sc1C(=O)O. The van der Waals surface area contributed by atoms with Crippen LogP contribution in [0.4, 0.5) is 0 Å². The summed E-state index contributed by atoms with van der Waals surface area (Å²) in [7, 11) is 0. The Labute approximate surface area is 157 Å². The van der Waals surface area contributed by atoms with Crippen molar-refractivity contribution in [2.75, 3.05) is 0 Å². The van der Waals surface area contributed by atoms with Crippen molar-refractivity contribution >= 4 is 23.2 Å². The summed E-state index contributed by atoms with van der Waals surface area (Å²) < 4.78 is 0. The molecule has 1 aromatic carbocycles. The zero-order chi connectivity index (χ0) is 19.0. The number of carboxylic acid groups (broad SMARTS) is 1. The van der Waals surface area contributed by atoms with Crippen LogP contribution in [-0.2, 0) is 4.79 Å². The molecular formula is C20H24N2O3S. The molecule has 5 nitrogen and oxygen atoms in total. The molecule has 1 amide bonds. The van der Waals surface area contributed by atoms with Crippen LogP contribution in [0, 0.1) is 12.8 Å². The van der Waals surface area contributed by atoms with Gasteiger partial charge in [-0.15, -0.1) is 11.3 Å². The number of aryl methyl sites for hydroxylation is 1. The van der Waals surface area contributed by atoms with Crippen LogP contribution in [0.5, 0.6) is 0 Å². The number of hydrogen-bond acceptors (Lipinski definition) is 4. The smallest absolute Gasteiger partial charge is 0.347 e. The van der Waals surface area contributed by atoms with Gasteiger partial charge in [-0.3, -0.25) is 4.79 Å². The Kier molecular flexibility index (Phi) is 5.14. The molecule has 1 fully saturated rings. The Morgan fingerprint density at radius 3 is 2.42 bits per heavy atom. The van der Waals surface area contributed by atoms with Crippen molar-refractivity contribution in [1.82, 2.24) is 10.3 Å². The lowest BCUT2D eigenvalue weighted by molar-refractivity contribution is -0.123. The Hall–Kier alpha value is -2.21. The van der Waals surface area contributed by atoms with Crippen LogP contribution in [-0.4, -0.2) is 22.0 Å². The number of nitrogens with one attached hydrogen (secondary N) is 1. The van der Waals surface area contributed by atoms with E-state index in [4.69, 9.17) is 5.11 Å². The number of carboxylic acids is 1.